The lowest BCUT2D eigenvalue weighted by molar-refractivity contribution is 0.0527. The van der Waals surface area contributed by atoms with Gasteiger partial charge in [-0.2, -0.15) is 0 Å². The van der Waals surface area contributed by atoms with E-state index in [2.05, 4.69) is 10.3 Å². The van der Waals surface area contributed by atoms with Crippen molar-refractivity contribution in [3.63, 3.8) is 0 Å². The summed E-state index contributed by atoms with van der Waals surface area (Å²) in [7, 11) is 0. The highest BCUT2D eigenvalue weighted by Crippen LogP contribution is 2.24. The zero-order valence-corrected chi connectivity index (χ0v) is 12.1. The number of anilines is 2. The number of nitrogens with zero attached hydrogens (tertiary/aromatic N) is 1. The Bertz CT molecular complexity index is 570. The van der Waals surface area contributed by atoms with E-state index in [0.717, 1.165) is 11.4 Å². The third-order valence-corrected chi connectivity index (χ3v) is 3.56. The lowest BCUT2D eigenvalue weighted by atomic mass is 10.1. The van der Waals surface area contributed by atoms with Crippen molar-refractivity contribution in [3.05, 3.63) is 40.3 Å². The fraction of sp³-hybridized carbons (Fsp3) is 0.286. The van der Waals surface area contributed by atoms with Gasteiger partial charge in [-0.15, -0.1) is 11.3 Å². The van der Waals surface area contributed by atoms with E-state index in [1.54, 1.807) is 42.7 Å². The van der Waals surface area contributed by atoms with Crippen molar-refractivity contribution in [1.82, 2.24) is 4.98 Å². The van der Waals surface area contributed by atoms with Crippen molar-refractivity contribution < 1.29 is 9.53 Å². The van der Waals surface area contributed by atoms with Crippen LogP contribution in [-0.2, 0) is 11.2 Å². The highest BCUT2D eigenvalue weighted by Gasteiger charge is 2.14. The number of benzene rings is 1. The van der Waals surface area contributed by atoms with Crippen molar-refractivity contribution in [3.8, 4) is 0 Å². The molecule has 1 heterocycles. The van der Waals surface area contributed by atoms with E-state index >= 15 is 0 Å². The predicted molar refractivity (Wildman–Crippen MR) is 81.1 cm³/mol. The van der Waals surface area contributed by atoms with Gasteiger partial charge in [-0.1, -0.05) is 6.07 Å². The first-order valence-electron chi connectivity index (χ1n) is 6.40. The number of ether oxygens (including phenoxy) is 1. The van der Waals surface area contributed by atoms with E-state index in [4.69, 9.17) is 10.5 Å². The van der Waals surface area contributed by atoms with Gasteiger partial charge in [0.05, 0.1) is 28.6 Å². The number of hydrogen-bond donors (Lipinski definition) is 2. The molecule has 20 heavy (non-hydrogen) atoms. The third-order valence-electron chi connectivity index (χ3n) is 2.72. The number of para-hydroxylation sites is 1. The molecule has 1 aromatic carbocycles. The molecule has 106 valence electrons. The first kappa shape index (κ1) is 14.3. The number of aromatic nitrogens is 1. The molecule has 0 unspecified atom stereocenters. The van der Waals surface area contributed by atoms with Gasteiger partial charge in [-0.25, -0.2) is 9.78 Å². The van der Waals surface area contributed by atoms with Gasteiger partial charge in [0, 0.05) is 24.5 Å². The lowest BCUT2D eigenvalue weighted by Gasteiger charge is -2.13. The minimum atomic E-state index is -0.364. The Kier molecular flexibility index (Phi) is 4.95. The number of carbonyl (C=O) groups is 1. The molecule has 3 N–H and O–H groups in total. The maximum absolute atomic E-state index is 11.9. The summed E-state index contributed by atoms with van der Waals surface area (Å²) in [5.41, 5.74) is 7.56. The van der Waals surface area contributed by atoms with Gasteiger partial charge in [-0.05, 0) is 19.1 Å². The molecule has 0 saturated carbocycles. The van der Waals surface area contributed by atoms with Crippen LogP contribution in [0.4, 0.5) is 11.4 Å². The van der Waals surface area contributed by atoms with Gasteiger partial charge >= 0.3 is 5.97 Å². The maximum atomic E-state index is 11.9. The standard InChI is InChI=1S/C14H17N3O2S/c1-2-19-14(18)10-4-3-5-11(15)13(10)17-7-6-12-16-8-9-20-12/h3-5,8-9,17H,2,6-7,15H2,1H3. The molecular weight excluding hydrogens is 274 g/mol. The van der Waals surface area contributed by atoms with Crippen LogP contribution in [0.1, 0.15) is 22.3 Å². The summed E-state index contributed by atoms with van der Waals surface area (Å²) < 4.78 is 5.03. The molecule has 2 aromatic rings. The average molecular weight is 291 g/mol. The number of esters is 1. The predicted octanol–water partition coefficient (Wildman–Crippen LogP) is 2.56. The van der Waals surface area contributed by atoms with Crippen LogP contribution in [0.5, 0.6) is 0 Å². The molecule has 5 nitrogen and oxygen atoms in total. The highest BCUT2D eigenvalue weighted by molar-refractivity contribution is 7.09. The second-order valence-electron chi connectivity index (χ2n) is 4.09. The molecule has 0 spiro atoms. The molecule has 0 fully saturated rings. The van der Waals surface area contributed by atoms with Crippen molar-refractivity contribution in [2.24, 2.45) is 0 Å². The minimum Gasteiger partial charge on any atom is -0.462 e. The third kappa shape index (κ3) is 3.48. The van der Waals surface area contributed by atoms with Gasteiger partial charge in [0.15, 0.2) is 0 Å². The lowest BCUT2D eigenvalue weighted by Crippen LogP contribution is -2.13. The van der Waals surface area contributed by atoms with E-state index < -0.39 is 0 Å². The van der Waals surface area contributed by atoms with Crippen LogP contribution in [0.3, 0.4) is 0 Å². The van der Waals surface area contributed by atoms with E-state index in [1.165, 1.54) is 0 Å². The van der Waals surface area contributed by atoms with Crippen LogP contribution in [0.15, 0.2) is 29.8 Å². The normalized spacial score (nSPS) is 10.2. The summed E-state index contributed by atoms with van der Waals surface area (Å²) in [5, 5.41) is 6.19. The molecule has 2 rings (SSSR count). The van der Waals surface area contributed by atoms with Gasteiger partial charge in [-0.3, -0.25) is 0 Å². The van der Waals surface area contributed by atoms with Gasteiger partial charge < -0.3 is 15.8 Å². The Morgan fingerprint density at radius 1 is 1.50 bits per heavy atom. The Hall–Kier alpha value is -2.08. The molecule has 0 atom stereocenters. The highest BCUT2D eigenvalue weighted by atomic mass is 32.1. The van der Waals surface area contributed by atoms with Crippen LogP contribution in [0, 0.1) is 0 Å². The van der Waals surface area contributed by atoms with Crippen LogP contribution < -0.4 is 11.1 Å². The Morgan fingerprint density at radius 2 is 2.35 bits per heavy atom. The first-order valence-corrected chi connectivity index (χ1v) is 7.28. The molecule has 1 aromatic heterocycles. The number of hydrogen-bond acceptors (Lipinski definition) is 6. The second-order valence-corrected chi connectivity index (χ2v) is 5.07. The molecule has 0 aliphatic rings. The molecule has 0 aliphatic carbocycles. The van der Waals surface area contributed by atoms with E-state index in [0.29, 0.717) is 30.1 Å². The Balaban J connectivity index is 2.07. The average Bonchev–Trinajstić information content (AvgIpc) is 2.94. The van der Waals surface area contributed by atoms with Crippen LogP contribution >= 0.6 is 11.3 Å². The molecule has 6 heteroatoms. The maximum Gasteiger partial charge on any atom is 0.340 e. The number of nitrogens with two attached hydrogens (primary N) is 1. The van der Waals surface area contributed by atoms with Gasteiger partial charge in [0.1, 0.15) is 0 Å². The molecule has 0 saturated heterocycles. The van der Waals surface area contributed by atoms with Gasteiger partial charge in [0.25, 0.3) is 0 Å². The molecule has 0 amide bonds. The quantitative estimate of drug-likeness (QED) is 0.632. The van der Waals surface area contributed by atoms with Crippen molar-refractivity contribution in [2.45, 2.75) is 13.3 Å². The fourth-order valence-corrected chi connectivity index (χ4v) is 2.44. The summed E-state index contributed by atoms with van der Waals surface area (Å²) in [6, 6.07) is 5.21. The smallest absolute Gasteiger partial charge is 0.340 e. The summed E-state index contributed by atoms with van der Waals surface area (Å²) in [5.74, 6) is -0.364. The molecule has 0 bridgehead atoms. The molecular formula is C14H17N3O2S. The van der Waals surface area contributed by atoms with Crippen molar-refractivity contribution in [2.75, 3.05) is 24.2 Å². The van der Waals surface area contributed by atoms with Crippen LogP contribution in [0.25, 0.3) is 0 Å². The van der Waals surface area contributed by atoms with E-state index in [9.17, 15) is 4.79 Å². The van der Waals surface area contributed by atoms with Gasteiger partial charge in [0.2, 0.25) is 0 Å². The van der Waals surface area contributed by atoms with Crippen molar-refractivity contribution >= 4 is 28.7 Å². The topological polar surface area (TPSA) is 77.2 Å². The summed E-state index contributed by atoms with van der Waals surface area (Å²) in [4.78, 5) is 16.1. The fourth-order valence-electron chi connectivity index (χ4n) is 1.82. The number of carbonyl (C=O) groups excluding carboxylic acids is 1. The van der Waals surface area contributed by atoms with E-state index in [1.807, 2.05) is 5.38 Å². The zero-order valence-electron chi connectivity index (χ0n) is 11.3. The minimum absolute atomic E-state index is 0.339. The summed E-state index contributed by atoms with van der Waals surface area (Å²) in [6.45, 7) is 2.78. The molecule has 0 aliphatic heterocycles. The largest absolute Gasteiger partial charge is 0.462 e. The number of thiazole rings is 1. The molecule has 0 radical (unpaired) electrons. The summed E-state index contributed by atoms with van der Waals surface area (Å²) >= 11 is 1.61. The van der Waals surface area contributed by atoms with Crippen molar-refractivity contribution in [1.29, 1.82) is 0 Å². The number of nitrogen functional groups attached to an aromatic ring is 1. The Labute approximate surface area is 121 Å². The van der Waals surface area contributed by atoms with Crippen LogP contribution in [0.2, 0.25) is 0 Å². The second kappa shape index (κ2) is 6.91. The summed E-state index contributed by atoms with van der Waals surface area (Å²) in [6.07, 6.45) is 2.56. The number of rotatable bonds is 6. The first-order chi connectivity index (χ1) is 9.72. The monoisotopic (exact) mass is 291 g/mol. The number of nitrogens with one attached hydrogen (secondary N) is 1. The Morgan fingerprint density at radius 3 is 3.05 bits per heavy atom. The zero-order chi connectivity index (χ0) is 14.4. The SMILES string of the molecule is CCOC(=O)c1cccc(N)c1NCCc1nccs1. The van der Waals surface area contributed by atoms with Crippen LogP contribution in [-0.4, -0.2) is 24.1 Å². The van der Waals surface area contributed by atoms with E-state index in [-0.39, 0.29) is 5.97 Å².